The highest BCUT2D eigenvalue weighted by Crippen LogP contribution is 2.61. The molecular weight excluding hydrogens is 148 g/mol. The summed E-state index contributed by atoms with van der Waals surface area (Å²) in [5.74, 6) is 1.23. The predicted molar refractivity (Wildman–Crippen MR) is 48.9 cm³/mol. The van der Waals surface area contributed by atoms with Crippen LogP contribution in [-0.2, 0) is 4.79 Å². The maximum Gasteiger partial charge on any atom is 0.144 e. The Morgan fingerprint density at radius 3 is 2.50 bits per heavy atom. The van der Waals surface area contributed by atoms with Crippen LogP contribution in [0.15, 0.2) is 0 Å². The number of hydrogen-bond donors (Lipinski definition) is 0. The topological polar surface area (TPSA) is 17.1 Å². The van der Waals surface area contributed by atoms with Crippen molar-refractivity contribution in [1.82, 2.24) is 0 Å². The predicted octanol–water partition coefficient (Wildman–Crippen LogP) is 2.79. The van der Waals surface area contributed by atoms with Gasteiger partial charge >= 0.3 is 0 Å². The molecule has 1 nitrogen and oxygen atoms in total. The van der Waals surface area contributed by atoms with Crippen molar-refractivity contribution < 1.29 is 4.79 Å². The molecule has 0 saturated heterocycles. The van der Waals surface area contributed by atoms with Crippen LogP contribution in [-0.4, -0.2) is 5.78 Å². The average molecular weight is 166 g/mol. The standard InChI is InChI=1S/C11H18O/c1-4-11-6-5-8(7-11)10(2,3)9(11)12/h8H,4-7H2,1-3H3. The van der Waals surface area contributed by atoms with Crippen LogP contribution in [0.2, 0.25) is 0 Å². The Balaban J connectivity index is 2.38. The highest BCUT2D eigenvalue weighted by atomic mass is 16.1. The van der Waals surface area contributed by atoms with Crippen LogP contribution < -0.4 is 0 Å². The molecule has 0 aromatic rings. The zero-order chi connectivity index (χ0) is 8.98. The lowest BCUT2D eigenvalue weighted by Crippen LogP contribution is -2.36. The van der Waals surface area contributed by atoms with Gasteiger partial charge in [0.2, 0.25) is 0 Å². The molecule has 2 fully saturated rings. The van der Waals surface area contributed by atoms with Gasteiger partial charge in [0.25, 0.3) is 0 Å². The normalized spacial score (nSPS) is 43.9. The molecule has 0 aromatic heterocycles. The SMILES string of the molecule is CCC12CCC(C1)C(C)(C)C2=O. The van der Waals surface area contributed by atoms with E-state index in [2.05, 4.69) is 20.8 Å². The lowest BCUT2D eigenvalue weighted by Gasteiger charge is -2.32. The van der Waals surface area contributed by atoms with E-state index in [1.807, 2.05) is 0 Å². The van der Waals surface area contributed by atoms with E-state index < -0.39 is 0 Å². The van der Waals surface area contributed by atoms with Gasteiger partial charge in [-0.15, -0.1) is 0 Å². The van der Waals surface area contributed by atoms with Crippen molar-refractivity contribution in [2.45, 2.75) is 46.5 Å². The Labute approximate surface area is 74.5 Å². The molecule has 0 aromatic carbocycles. The second-order valence-electron chi connectivity index (χ2n) is 5.12. The molecule has 12 heavy (non-hydrogen) atoms. The number of carbonyl (C=O) groups excluding carboxylic acids is 1. The van der Waals surface area contributed by atoms with Crippen molar-refractivity contribution in [3.8, 4) is 0 Å². The van der Waals surface area contributed by atoms with Crippen LogP contribution in [0.3, 0.4) is 0 Å². The van der Waals surface area contributed by atoms with Crippen LogP contribution in [0.5, 0.6) is 0 Å². The summed E-state index contributed by atoms with van der Waals surface area (Å²) in [7, 11) is 0. The van der Waals surface area contributed by atoms with Gasteiger partial charge < -0.3 is 0 Å². The number of ketones is 1. The van der Waals surface area contributed by atoms with Crippen LogP contribution in [0.25, 0.3) is 0 Å². The molecular formula is C11H18O. The molecule has 0 N–H and O–H groups in total. The van der Waals surface area contributed by atoms with Crippen LogP contribution in [0, 0.1) is 16.7 Å². The molecule has 68 valence electrons. The first-order chi connectivity index (χ1) is 5.53. The lowest BCUT2D eigenvalue weighted by molar-refractivity contribution is -0.135. The quantitative estimate of drug-likeness (QED) is 0.585. The summed E-state index contributed by atoms with van der Waals surface area (Å²) in [6.45, 7) is 6.44. The van der Waals surface area contributed by atoms with Crippen molar-refractivity contribution in [3.05, 3.63) is 0 Å². The highest BCUT2D eigenvalue weighted by Gasteiger charge is 2.60. The molecule has 0 aliphatic heterocycles. The van der Waals surface area contributed by atoms with Gasteiger partial charge in [-0.3, -0.25) is 4.79 Å². The van der Waals surface area contributed by atoms with E-state index in [-0.39, 0.29) is 10.8 Å². The van der Waals surface area contributed by atoms with Crippen molar-refractivity contribution in [2.24, 2.45) is 16.7 Å². The third kappa shape index (κ3) is 0.725. The number of Topliss-reactive ketones (excluding diaryl/α,β-unsaturated/α-hetero) is 1. The summed E-state index contributed by atoms with van der Waals surface area (Å²) < 4.78 is 0. The van der Waals surface area contributed by atoms with E-state index in [1.54, 1.807) is 0 Å². The smallest absolute Gasteiger partial charge is 0.144 e. The number of fused-ring (bicyclic) bond motifs is 2. The van der Waals surface area contributed by atoms with Crippen molar-refractivity contribution in [2.75, 3.05) is 0 Å². The molecule has 2 atom stereocenters. The molecule has 2 bridgehead atoms. The largest absolute Gasteiger partial charge is 0.298 e. The fourth-order valence-electron chi connectivity index (χ4n) is 3.30. The Morgan fingerprint density at radius 2 is 2.17 bits per heavy atom. The number of carbonyl (C=O) groups is 1. The summed E-state index contributed by atoms with van der Waals surface area (Å²) in [6.07, 6.45) is 4.68. The fourth-order valence-corrected chi connectivity index (χ4v) is 3.30. The Kier molecular flexibility index (Phi) is 1.47. The van der Waals surface area contributed by atoms with Gasteiger partial charge in [0.1, 0.15) is 5.78 Å². The Hall–Kier alpha value is -0.330. The van der Waals surface area contributed by atoms with E-state index in [1.165, 1.54) is 12.8 Å². The summed E-state index contributed by atoms with van der Waals surface area (Å²) >= 11 is 0. The van der Waals surface area contributed by atoms with Gasteiger partial charge in [0.15, 0.2) is 0 Å². The van der Waals surface area contributed by atoms with Crippen LogP contribution in [0.4, 0.5) is 0 Å². The summed E-state index contributed by atoms with van der Waals surface area (Å²) in [4.78, 5) is 12.0. The van der Waals surface area contributed by atoms with Crippen LogP contribution >= 0.6 is 0 Å². The van der Waals surface area contributed by atoms with Crippen molar-refractivity contribution >= 4 is 5.78 Å². The van der Waals surface area contributed by atoms with Crippen molar-refractivity contribution in [3.63, 3.8) is 0 Å². The highest BCUT2D eigenvalue weighted by molar-refractivity contribution is 5.93. The zero-order valence-corrected chi connectivity index (χ0v) is 8.31. The van der Waals surface area contributed by atoms with E-state index >= 15 is 0 Å². The van der Waals surface area contributed by atoms with Crippen molar-refractivity contribution in [1.29, 1.82) is 0 Å². The van der Waals surface area contributed by atoms with Gasteiger partial charge in [-0.25, -0.2) is 0 Å². The minimum atomic E-state index is -0.00569. The third-order valence-corrected chi connectivity index (χ3v) is 4.37. The van der Waals surface area contributed by atoms with Gasteiger partial charge in [0, 0.05) is 10.8 Å². The second kappa shape index (κ2) is 2.12. The lowest BCUT2D eigenvalue weighted by atomic mass is 9.70. The number of hydrogen-bond acceptors (Lipinski definition) is 1. The molecule has 2 aliphatic rings. The summed E-state index contributed by atoms with van der Waals surface area (Å²) in [5, 5.41) is 0. The first-order valence-corrected chi connectivity index (χ1v) is 5.08. The monoisotopic (exact) mass is 166 g/mol. The second-order valence-corrected chi connectivity index (χ2v) is 5.12. The maximum atomic E-state index is 12.0. The molecule has 0 spiro atoms. The molecule has 2 aliphatic carbocycles. The molecule has 2 rings (SSSR count). The summed E-state index contributed by atoms with van der Waals surface area (Å²) in [5.41, 5.74) is 0.0996. The van der Waals surface area contributed by atoms with E-state index in [4.69, 9.17) is 0 Å². The fraction of sp³-hybridized carbons (Fsp3) is 0.909. The van der Waals surface area contributed by atoms with E-state index in [0.717, 1.165) is 12.8 Å². The molecule has 2 unspecified atom stereocenters. The third-order valence-electron chi connectivity index (χ3n) is 4.37. The average Bonchev–Trinajstić information content (AvgIpc) is 2.53. The molecule has 2 saturated carbocycles. The van der Waals surface area contributed by atoms with Gasteiger partial charge in [0.05, 0.1) is 0 Å². The van der Waals surface area contributed by atoms with E-state index in [0.29, 0.717) is 11.7 Å². The number of rotatable bonds is 1. The Bertz CT molecular complexity index is 229. The molecule has 0 amide bonds. The van der Waals surface area contributed by atoms with Gasteiger partial charge in [-0.1, -0.05) is 20.8 Å². The van der Waals surface area contributed by atoms with Gasteiger partial charge in [-0.05, 0) is 31.6 Å². The Morgan fingerprint density at radius 1 is 1.50 bits per heavy atom. The maximum absolute atomic E-state index is 12.0. The molecule has 1 heteroatoms. The minimum absolute atomic E-state index is 0.00569. The molecule has 0 radical (unpaired) electrons. The van der Waals surface area contributed by atoms with E-state index in [9.17, 15) is 4.79 Å². The molecule has 0 heterocycles. The zero-order valence-electron chi connectivity index (χ0n) is 8.31. The first-order valence-electron chi connectivity index (χ1n) is 5.08. The first kappa shape index (κ1) is 8.28. The minimum Gasteiger partial charge on any atom is -0.298 e. The van der Waals surface area contributed by atoms with Gasteiger partial charge in [-0.2, -0.15) is 0 Å². The summed E-state index contributed by atoms with van der Waals surface area (Å²) in [6, 6.07) is 0. The van der Waals surface area contributed by atoms with Crippen LogP contribution in [0.1, 0.15) is 46.5 Å².